The van der Waals surface area contributed by atoms with E-state index in [2.05, 4.69) is 21.7 Å². The molecule has 8 nitrogen and oxygen atoms in total. The number of carbonyl (C=O) groups is 2. The van der Waals surface area contributed by atoms with Gasteiger partial charge in [-0.2, -0.15) is 0 Å². The molecule has 2 saturated heterocycles. The maximum absolute atomic E-state index is 13.9. The molecule has 36 heavy (non-hydrogen) atoms. The minimum atomic E-state index is -0.284. The first kappa shape index (κ1) is 24.7. The molecule has 1 N–H and O–H groups in total. The highest BCUT2D eigenvalue weighted by Gasteiger charge is 2.42. The fourth-order valence-corrected chi connectivity index (χ4v) is 6.68. The maximum atomic E-state index is 13.9. The van der Waals surface area contributed by atoms with E-state index < -0.39 is 0 Å². The summed E-state index contributed by atoms with van der Waals surface area (Å²) < 4.78 is 21.2. The van der Waals surface area contributed by atoms with Crippen LogP contribution in [0.15, 0.2) is 24.3 Å². The average Bonchev–Trinajstić information content (AvgIpc) is 3.30. The Morgan fingerprint density at radius 3 is 2.64 bits per heavy atom. The summed E-state index contributed by atoms with van der Waals surface area (Å²) in [6.07, 6.45) is 5.63. The first-order valence-corrected chi connectivity index (χ1v) is 13.0. The first-order valence-electron chi connectivity index (χ1n) is 13.0. The molecule has 3 aliphatic rings. The maximum Gasteiger partial charge on any atom is 0.409 e. The van der Waals surface area contributed by atoms with E-state index in [4.69, 9.17) is 9.72 Å². The number of aromatic nitrogens is 2. The Morgan fingerprint density at radius 2 is 1.97 bits per heavy atom. The van der Waals surface area contributed by atoms with E-state index in [1.807, 2.05) is 6.07 Å². The second kappa shape index (κ2) is 10.2. The Balaban J connectivity index is 1.28. The van der Waals surface area contributed by atoms with Gasteiger partial charge < -0.3 is 19.5 Å². The summed E-state index contributed by atoms with van der Waals surface area (Å²) in [5.41, 5.74) is 3.07. The molecular weight excluding hydrogens is 461 g/mol. The van der Waals surface area contributed by atoms with Crippen molar-refractivity contribution in [2.24, 2.45) is 0 Å². The number of nitrogens with zero attached hydrogens (tertiary/aromatic N) is 4. The second-order valence-electron chi connectivity index (χ2n) is 10.4. The number of benzene rings is 1. The Bertz CT molecular complexity index is 1120. The molecule has 0 radical (unpaired) electrons. The predicted octanol–water partition coefficient (Wildman–Crippen LogP) is 3.89. The molecule has 1 unspecified atom stereocenters. The number of fused-ring (bicyclic) bond motifs is 3. The zero-order valence-corrected chi connectivity index (χ0v) is 21.4. The van der Waals surface area contributed by atoms with E-state index in [0.29, 0.717) is 31.2 Å². The number of ether oxygens (including phenoxy) is 1. The summed E-state index contributed by atoms with van der Waals surface area (Å²) in [6.45, 7) is 5.63. The Labute approximate surface area is 211 Å². The molecular formula is C27H36FN5O3. The molecule has 4 heterocycles. The zero-order chi connectivity index (χ0) is 25.4. The average molecular weight is 498 g/mol. The van der Waals surface area contributed by atoms with Gasteiger partial charge in [-0.3, -0.25) is 9.69 Å². The summed E-state index contributed by atoms with van der Waals surface area (Å²) in [7, 11) is 1.43. The Kier molecular flexibility index (Phi) is 7.01. The molecule has 194 valence electrons. The highest BCUT2D eigenvalue weighted by atomic mass is 19.1. The topological polar surface area (TPSA) is 79.7 Å². The summed E-state index contributed by atoms with van der Waals surface area (Å²) >= 11 is 0. The number of aryl methyl sites for hydroxylation is 1. The van der Waals surface area contributed by atoms with E-state index in [-0.39, 0.29) is 23.9 Å². The first-order chi connectivity index (χ1) is 17.3. The number of hydrogen-bond donors (Lipinski definition) is 1. The van der Waals surface area contributed by atoms with Gasteiger partial charge in [0.05, 0.1) is 31.1 Å². The lowest BCUT2D eigenvalue weighted by atomic mass is 9.95. The van der Waals surface area contributed by atoms with Crippen LogP contribution in [-0.4, -0.2) is 63.6 Å². The zero-order valence-electron chi connectivity index (χ0n) is 21.4. The van der Waals surface area contributed by atoms with Crippen molar-refractivity contribution in [3.05, 3.63) is 52.9 Å². The molecule has 0 spiro atoms. The second-order valence-corrected chi connectivity index (χ2v) is 10.4. The highest BCUT2D eigenvalue weighted by molar-refractivity contribution is 5.73. The monoisotopic (exact) mass is 497 g/mol. The number of rotatable bonds is 6. The van der Waals surface area contributed by atoms with Crippen LogP contribution in [0.2, 0.25) is 0 Å². The Hall–Kier alpha value is -2.94. The van der Waals surface area contributed by atoms with E-state index in [1.165, 1.54) is 26.2 Å². The van der Waals surface area contributed by atoms with E-state index in [9.17, 15) is 14.0 Å². The van der Waals surface area contributed by atoms with Crippen LogP contribution in [0.4, 0.5) is 9.18 Å². The van der Waals surface area contributed by atoms with Crippen molar-refractivity contribution in [1.82, 2.24) is 24.7 Å². The largest absolute Gasteiger partial charge is 0.453 e. The van der Waals surface area contributed by atoms with Gasteiger partial charge in [-0.05, 0) is 56.7 Å². The highest BCUT2D eigenvalue weighted by Crippen LogP contribution is 2.43. The SMILES string of the molecule is COC(=O)N1CCc2nc(C)n(C3C[C@H]4CC[C@@H](C3)N4CC[C@H](NC(C)=O)c3cccc(F)c3)c2C1. The molecule has 2 aromatic rings. The summed E-state index contributed by atoms with van der Waals surface area (Å²) in [5, 5.41) is 3.02. The summed E-state index contributed by atoms with van der Waals surface area (Å²) in [6, 6.07) is 7.63. The van der Waals surface area contributed by atoms with E-state index in [0.717, 1.165) is 67.8 Å². The third kappa shape index (κ3) is 4.85. The smallest absolute Gasteiger partial charge is 0.409 e. The number of methoxy groups -OCH3 is 1. The summed E-state index contributed by atoms with van der Waals surface area (Å²) in [5.74, 6) is 0.641. The van der Waals surface area contributed by atoms with Crippen LogP contribution in [-0.2, 0) is 22.5 Å². The third-order valence-corrected chi connectivity index (χ3v) is 8.19. The van der Waals surface area contributed by atoms with Gasteiger partial charge in [-0.1, -0.05) is 12.1 Å². The van der Waals surface area contributed by atoms with Crippen LogP contribution in [0.3, 0.4) is 0 Å². The molecule has 0 aliphatic carbocycles. The lowest BCUT2D eigenvalue weighted by Crippen LogP contribution is -2.45. The molecule has 3 aliphatic heterocycles. The van der Waals surface area contributed by atoms with Gasteiger partial charge in [0.2, 0.25) is 5.91 Å². The normalized spacial score (nSPS) is 24.3. The van der Waals surface area contributed by atoms with Crippen molar-refractivity contribution >= 4 is 12.0 Å². The molecule has 2 bridgehead atoms. The van der Waals surface area contributed by atoms with Gasteiger partial charge in [0.15, 0.2) is 0 Å². The lowest BCUT2D eigenvalue weighted by molar-refractivity contribution is -0.119. The quantitative estimate of drug-likeness (QED) is 0.655. The van der Waals surface area contributed by atoms with Crippen LogP contribution in [0.1, 0.15) is 73.9 Å². The predicted molar refractivity (Wildman–Crippen MR) is 133 cm³/mol. The van der Waals surface area contributed by atoms with Crippen molar-refractivity contribution < 1.29 is 18.7 Å². The fourth-order valence-electron chi connectivity index (χ4n) is 6.68. The van der Waals surface area contributed by atoms with Crippen molar-refractivity contribution in [2.75, 3.05) is 20.2 Å². The van der Waals surface area contributed by atoms with Crippen LogP contribution >= 0.6 is 0 Å². The molecule has 5 rings (SSSR count). The number of hydrogen-bond acceptors (Lipinski definition) is 5. The number of imidazole rings is 1. The number of carbonyl (C=O) groups excluding carboxylic acids is 2. The molecule has 9 heteroatoms. The van der Waals surface area contributed by atoms with Gasteiger partial charge >= 0.3 is 6.09 Å². The fraction of sp³-hybridized carbons (Fsp3) is 0.593. The molecule has 2 amide bonds. The van der Waals surface area contributed by atoms with Crippen LogP contribution in [0.25, 0.3) is 0 Å². The van der Waals surface area contributed by atoms with Crippen molar-refractivity contribution in [3.8, 4) is 0 Å². The number of amides is 2. The van der Waals surface area contributed by atoms with Crippen LogP contribution < -0.4 is 5.32 Å². The van der Waals surface area contributed by atoms with Gasteiger partial charge in [-0.25, -0.2) is 14.2 Å². The lowest BCUT2D eigenvalue weighted by Gasteiger charge is -2.41. The molecule has 2 fully saturated rings. The minimum Gasteiger partial charge on any atom is -0.453 e. The van der Waals surface area contributed by atoms with Crippen molar-refractivity contribution in [1.29, 1.82) is 0 Å². The van der Waals surface area contributed by atoms with Crippen LogP contribution in [0.5, 0.6) is 0 Å². The number of halogens is 1. The van der Waals surface area contributed by atoms with E-state index >= 15 is 0 Å². The molecule has 1 aromatic carbocycles. The van der Waals surface area contributed by atoms with Gasteiger partial charge in [-0.15, -0.1) is 0 Å². The molecule has 0 saturated carbocycles. The minimum absolute atomic E-state index is 0.104. The van der Waals surface area contributed by atoms with E-state index in [1.54, 1.807) is 11.0 Å². The number of nitrogens with one attached hydrogen (secondary N) is 1. The third-order valence-electron chi connectivity index (χ3n) is 8.19. The Morgan fingerprint density at radius 1 is 1.22 bits per heavy atom. The molecule has 4 atom stereocenters. The van der Waals surface area contributed by atoms with Gasteiger partial charge in [0.25, 0.3) is 0 Å². The van der Waals surface area contributed by atoms with Crippen molar-refractivity contribution in [3.63, 3.8) is 0 Å². The van der Waals surface area contributed by atoms with Crippen LogP contribution in [0, 0.1) is 12.7 Å². The number of piperidine rings is 1. The molecule has 1 aromatic heterocycles. The summed E-state index contributed by atoms with van der Waals surface area (Å²) in [4.78, 5) is 33.2. The van der Waals surface area contributed by atoms with Crippen molar-refractivity contribution in [2.45, 2.75) is 83.1 Å². The standard InChI is InChI=1S/C27H36FN5O3/c1-17-29-25-9-11-31(27(35)36-3)16-26(25)33(17)23-14-21-7-8-22(15-23)32(21)12-10-24(30-18(2)34)19-5-4-6-20(28)13-19/h4-6,13,21-24H,7-12,14-16H2,1-3H3,(H,30,34)/t21-,22+,23?,24-/m0/s1. The van der Waals surface area contributed by atoms with Gasteiger partial charge in [0.1, 0.15) is 11.6 Å². The van der Waals surface area contributed by atoms with Gasteiger partial charge in [0, 0.05) is 44.6 Å².